The van der Waals surface area contributed by atoms with Crippen molar-refractivity contribution in [1.29, 1.82) is 0 Å². The van der Waals surface area contributed by atoms with Crippen molar-refractivity contribution in [3.05, 3.63) is 28.5 Å². The molecule has 1 fully saturated rings. The summed E-state index contributed by atoms with van der Waals surface area (Å²) in [6.45, 7) is 9.15. The maximum absolute atomic E-state index is 12.6. The molecule has 1 aliphatic rings. The summed E-state index contributed by atoms with van der Waals surface area (Å²) < 4.78 is 0. The summed E-state index contributed by atoms with van der Waals surface area (Å²) in [6.07, 6.45) is 2.11. The molecule has 1 saturated heterocycles. The molecule has 0 unspecified atom stereocenters. The lowest BCUT2D eigenvalue weighted by Gasteiger charge is -2.31. The van der Waals surface area contributed by atoms with Crippen LogP contribution < -0.4 is 0 Å². The molecule has 104 valence electrons. The number of carbonyl (C=O) groups excluding carboxylic acids is 1. The third-order valence-corrected chi connectivity index (χ3v) is 3.99. The molecule has 1 aliphatic heterocycles. The second-order valence-electron chi connectivity index (χ2n) is 6.13. The number of likely N-dealkylation sites (tertiary alicyclic amines) is 1. The molecular formula is C15H21ClN2O. The van der Waals surface area contributed by atoms with E-state index in [1.807, 2.05) is 24.8 Å². The van der Waals surface area contributed by atoms with Gasteiger partial charge < -0.3 is 4.90 Å². The third kappa shape index (κ3) is 2.92. The van der Waals surface area contributed by atoms with E-state index in [0.717, 1.165) is 25.1 Å². The molecule has 1 aromatic rings. The number of hydrogen-bond acceptors (Lipinski definition) is 2. The molecule has 0 radical (unpaired) electrons. The van der Waals surface area contributed by atoms with Crippen molar-refractivity contribution in [1.82, 2.24) is 9.88 Å². The molecule has 2 heterocycles. The Balaban J connectivity index is 2.34. The Hall–Kier alpha value is -1.09. The van der Waals surface area contributed by atoms with Gasteiger partial charge in [-0.25, -0.2) is 4.98 Å². The highest BCUT2D eigenvalue weighted by molar-refractivity contribution is 6.29. The molecule has 0 bridgehead atoms. The summed E-state index contributed by atoms with van der Waals surface area (Å²) >= 11 is 6.03. The van der Waals surface area contributed by atoms with Gasteiger partial charge in [0.2, 0.25) is 0 Å². The molecule has 3 nitrogen and oxygen atoms in total. The van der Waals surface area contributed by atoms with Crippen LogP contribution in [-0.2, 0) is 0 Å². The first kappa shape index (κ1) is 14.3. The second-order valence-corrected chi connectivity index (χ2v) is 6.52. The predicted octanol–water partition coefficient (Wildman–Crippen LogP) is 3.87. The van der Waals surface area contributed by atoms with Crippen LogP contribution >= 0.6 is 11.6 Å². The fourth-order valence-corrected chi connectivity index (χ4v) is 2.79. The number of aromatic nitrogens is 1. The first-order valence-corrected chi connectivity index (χ1v) is 7.18. The van der Waals surface area contributed by atoms with Gasteiger partial charge in [-0.2, -0.15) is 0 Å². The van der Waals surface area contributed by atoms with Crippen LogP contribution in [0.5, 0.6) is 0 Å². The van der Waals surface area contributed by atoms with Crippen molar-refractivity contribution < 1.29 is 4.79 Å². The summed E-state index contributed by atoms with van der Waals surface area (Å²) in [5.74, 6) is 0.325. The second kappa shape index (κ2) is 5.12. The molecule has 0 N–H and O–H groups in total. The summed E-state index contributed by atoms with van der Waals surface area (Å²) in [7, 11) is 0. The van der Waals surface area contributed by atoms with Crippen LogP contribution in [0.2, 0.25) is 5.15 Å². The van der Waals surface area contributed by atoms with Gasteiger partial charge in [-0.15, -0.1) is 0 Å². The van der Waals surface area contributed by atoms with Crippen LogP contribution in [0.25, 0.3) is 0 Å². The Bertz CT molecular complexity index is 497. The van der Waals surface area contributed by atoms with E-state index in [2.05, 4.69) is 18.8 Å². The zero-order valence-corrected chi connectivity index (χ0v) is 12.8. The van der Waals surface area contributed by atoms with Crippen LogP contribution in [0.3, 0.4) is 0 Å². The van der Waals surface area contributed by atoms with E-state index in [0.29, 0.717) is 10.7 Å². The number of amides is 1. The Morgan fingerprint density at radius 3 is 2.63 bits per heavy atom. The lowest BCUT2D eigenvalue weighted by Crippen LogP contribution is -2.42. The first-order chi connectivity index (χ1) is 8.81. The first-order valence-electron chi connectivity index (χ1n) is 6.81. The van der Waals surface area contributed by atoms with Crippen molar-refractivity contribution in [2.24, 2.45) is 0 Å². The topological polar surface area (TPSA) is 33.2 Å². The molecule has 0 atom stereocenters. The lowest BCUT2D eigenvalue weighted by atomic mass is 10.0. The minimum Gasteiger partial charge on any atom is -0.334 e. The average molecular weight is 281 g/mol. The highest BCUT2D eigenvalue weighted by Gasteiger charge is 2.35. The van der Waals surface area contributed by atoms with Crippen molar-refractivity contribution >= 4 is 17.5 Å². The van der Waals surface area contributed by atoms with Crippen LogP contribution in [0.15, 0.2) is 12.1 Å². The Kier molecular flexibility index (Phi) is 3.86. The number of carbonyl (C=O) groups is 1. The van der Waals surface area contributed by atoms with E-state index >= 15 is 0 Å². The minimum atomic E-state index is -0.0647. The standard InChI is InChI=1S/C15H21ClN2O/c1-10(2)12-8-11(9-13(16)17-12)14(19)18-7-5-6-15(18,3)4/h8-10H,5-7H2,1-4H3. The molecule has 19 heavy (non-hydrogen) atoms. The van der Waals surface area contributed by atoms with Crippen molar-refractivity contribution in [3.63, 3.8) is 0 Å². The average Bonchev–Trinajstić information content (AvgIpc) is 2.67. The van der Waals surface area contributed by atoms with Gasteiger partial charge in [0.25, 0.3) is 5.91 Å². The van der Waals surface area contributed by atoms with Gasteiger partial charge in [0, 0.05) is 23.3 Å². The lowest BCUT2D eigenvalue weighted by molar-refractivity contribution is 0.0651. The third-order valence-electron chi connectivity index (χ3n) is 3.80. The van der Waals surface area contributed by atoms with Crippen LogP contribution in [-0.4, -0.2) is 27.9 Å². The van der Waals surface area contributed by atoms with Crippen molar-refractivity contribution in [2.75, 3.05) is 6.54 Å². The smallest absolute Gasteiger partial charge is 0.254 e. The number of nitrogens with zero attached hydrogens (tertiary/aromatic N) is 2. The Morgan fingerprint density at radius 2 is 2.11 bits per heavy atom. The molecule has 1 amide bonds. The van der Waals surface area contributed by atoms with Gasteiger partial charge >= 0.3 is 0 Å². The highest BCUT2D eigenvalue weighted by atomic mass is 35.5. The quantitative estimate of drug-likeness (QED) is 0.771. The van der Waals surface area contributed by atoms with Crippen molar-refractivity contribution in [2.45, 2.75) is 52.0 Å². The van der Waals surface area contributed by atoms with Crippen LogP contribution in [0.1, 0.15) is 62.5 Å². The molecule has 0 spiro atoms. The maximum atomic E-state index is 12.6. The number of hydrogen-bond donors (Lipinski definition) is 0. The molecule has 4 heteroatoms. The zero-order valence-electron chi connectivity index (χ0n) is 12.0. The molecular weight excluding hydrogens is 260 g/mol. The maximum Gasteiger partial charge on any atom is 0.254 e. The van der Waals surface area contributed by atoms with Gasteiger partial charge in [0.15, 0.2) is 0 Å². The van der Waals surface area contributed by atoms with Crippen LogP contribution in [0, 0.1) is 0 Å². The van der Waals surface area contributed by atoms with E-state index < -0.39 is 0 Å². The number of halogens is 1. The number of rotatable bonds is 2. The number of pyridine rings is 1. The molecule has 1 aromatic heterocycles. The van der Waals surface area contributed by atoms with Gasteiger partial charge in [-0.05, 0) is 44.7 Å². The van der Waals surface area contributed by atoms with Crippen molar-refractivity contribution in [3.8, 4) is 0 Å². The van der Waals surface area contributed by atoms with Gasteiger partial charge in [-0.3, -0.25) is 4.79 Å². The predicted molar refractivity (Wildman–Crippen MR) is 77.7 cm³/mol. The normalized spacial score (nSPS) is 18.1. The Labute approximate surface area is 120 Å². The molecule has 2 rings (SSSR count). The van der Waals surface area contributed by atoms with E-state index in [-0.39, 0.29) is 17.4 Å². The summed E-state index contributed by atoms with van der Waals surface area (Å²) in [5.41, 5.74) is 1.46. The van der Waals surface area contributed by atoms with E-state index in [9.17, 15) is 4.79 Å². The largest absolute Gasteiger partial charge is 0.334 e. The van der Waals surface area contributed by atoms with Gasteiger partial charge in [-0.1, -0.05) is 25.4 Å². The minimum absolute atomic E-state index is 0.0636. The SMILES string of the molecule is CC(C)c1cc(C(=O)N2CCCC2(C)C)cc(Cl)n1. The van der Waals surface area contributed by atoms with Gasteiger partial charge in [0.05, 0.1) is 0 Å². The fourth-order valence-electron chi connectivity index (χ4n) is 2.58. The van der Waals surface area contributed by atoms with E-state index in [4.69, 9.17) is 11.6 Å². The van der Waals surface area contributed by atoms with E-state index in [1.165, 1.54) is 0 Å². The fraction of sp³-hybridized carbons (Fsp3) is 0.600. The summed E-state index contributed by atoms with van der Waals surface area (Å²) in [5, 5.41) is 0.395. The summed E-state index contributed by atoms with van der Waals surface area (Å²) in [6, 6.07) is 3.54. The molecule has 0 aromatic carbocycles. The summed E-state index contributed by atoms with van der Waals surface area (Å²) in [4.78, 5) is 18.8. The zero-order chi connectivity index (χ0) is 14.2. The van der Waals surface area contributed by atoms with E-state index in [1.54, 1.807) is 6.07 Å². The molecule has 0 saturated carbocycles. The van der Waals surface area contributed by atoms with Crippen LogP contribution in [0.4, 0.5) is 0 Å². The van der Waals surface area contributed by atoms with Gasteiger partial charge in [0.1, 0.15) is 5.15 Å². The Morgan fingerprint density at radius 1 is 1.42 bits per heavy atom. The molecule has 0 aliphatic carbocycles. The monoisotopic (exact) mass is 280 g/mol. The highest BCUT2D eigenvalue weighted by Crippen LogP contribution is 2.30.